The van der Waals surface area contributed by atoms with Crippen LogP contribution < -0.4 is 9.64 Å². The van der Waals surface area contributed by atoms with Gasteiger partial charge in [0.1, 0.15) is 11.3 Å². The van der Waals surface area contributed by atoms with Crippen LogP contribution >= 0.6 is 22.9 Å². The predicted molar refractivity (Wildman–Crippen MR) is 122 cm³/mol. The van der Waals surface area contributed by atoms with Gasteiger partial charge in [0.05, 0.1) is 16.3 Å². The van der Waals surface area contributed by atoms with E-state index in [1.54, 1.807) is 4.90 Å². The summed E-state index contributed by atoms with van der Waals surface area (Å²) in [5.41, 5.74) is 1.34. The summed E-state index contributed by atoms with van der Waals surface area (Å²) in [4.78, 5) is 21.7. The van der Waals surface area contributed by atoms with E-state index in [0.29, 0.717) is 28.9 Å². The van der Waals surface area contributed by atoms with Gasteiger partial charge in [-0.1, -0.05) is 42.3 Å². The summed E-state index contributed by atoms with van der Waals surface area (Å²) in [6.45, 7) is 4.08. The van der Waals surface area contributed by atoms with Crippen LogP contribution in [0.25, 0.3) is 10.2 Å². The van der Waals surface area contributed by atoms with E-state index in [4.69, 9.17) is 16.3 Å². The normalized spacial score (nSPS) is 11.2. The van der Waals surface area contributed by atoms with Gasteiger partial charge in [0.15, 0.2) is 5.13 Å². The minimum Gasteiger partial charge on any atom is -0.494 e. The highest BCUT2D eigenvalue weighted by atomic mass is 35.5. The second kappa shape index (κ2) is 10.1. The molecule has 0 saturated heterocycles. The van der Waals surface area contributed by atoms with Gasteiger partial charge in [0, 0.05) is 18.7 Å². The van der Waals surface area contributed by atoms with Crippen molar-refractivity contribution in [2.45, 2.75) is 19.8 Å². The fourth-order valence-electron chi connectivity index (χ4n) is 2.79. The van der Waals surface area contributed by atoms with Gasteiger partial charge in [-0.25, -0.2) is 4.98 Å². The molecule has 1 heterocycles. The molecule has 154 valence electrons. The molecule has 0 unspecified atom stereocenters. The quantitative estimate of drug-likeness (QED) is 0.429. The summed E-state index contributed by atoms with van der Waals surface area (Å²) in [5.74, 6) is 0.698. The molecule has 0 aliphatic rings. The standard InChI is InChI=1S/C22H26ClN3O2S/c1-4-5-15-28-17-11-9-16(10-12-17)21(27)26(14-13-25(2)3)22-24-20-18(23)7-6-8-19(20)29-22/h6-12H,4-5,13-15H2,1-3H3. The van der Waals surface area contributed by atoms with Gasteiger partial charge in [-0.15, -0.1) is 0 Å². The number of ether oxygens (including phenoxy) is 1. The average Bonchev–Trinajstić information content (AvgIpc) is 3.14. The van der Waals surface area contributed by atoms with Crippen molar-refractivity contribution < 1.29 is 9.53 Å². The van der Waals surface area contributed by atoms with Crippen LogP contribution in [0.5, 0.6) is 5.75 Å². The Balaban J connectivity index is 1.85. The van der Waals surface area contributed by atoms with Crippen LogP contribution in [0, 0.1) is 0 Å². The Morgan fingerprint density at radius 1 is 1.14 bits per heavy atom. The molecule has 3 rings (SSSR count). The number of anilines is 1. The van der Waals surface area contributed by atoms with E-state index in [-0.39, 0.29) is 5.91 Å². The molecule has 29 heavy (non-hydrogen) atoms. The third kappa shape index (κ3) is 5.47. The number of halogens is 1. The predicted octanol–water partition coefficient (Wildman–Crippen LogP) is 5.34. The first-order valence-electron chi connectivity index (χ1n) is 9.74. The highest BCUT2D eigenvalue weighted by Gasteiger charge is 2.22. The molecule has 5 nitrogen and oxygen atoms in total. The highest BCUT2D eigenvalue weighted by molar-refractivity contribution is 7.22. The molecule has 1 amide bonds. The maximum Gasteiger partial charge on any atom is 0.260 e. The number of para-hydroxylation sites is 1. The lowest BCUT2D eigenvalue weighted by atomic mass is 10.2. The molecule has 0 aliphatic carbocycles. The van der Waals surface area contributed by atoms with Crippen LogP contribution in [-0.4, -0.2) is 49.6 Å². The lowest BCUT2D eigenvalue weighted by Crippen LogP contribution is -2.36. The number of thiazole rings is 1. The molecule has 0 fully saturated rings. The summed E-state index contributed by atoms with van der Waals surface area (Å²) in [5, 5.41) is 1.25. The molecule has 0 saturated carbocycles. The van der Waals surface area contributed by atoms with Gasteiger partial charge in [0.25, 0.3) is 5.91 Å². The molecule has 2 aromatic carbocycles. The number of rotatable bonds is 9. The Kier molecular flexibility index (Phi) is 7.47. The zero-order valence-corrected chi connectivity index (χ0v) is 18.6. The molecule has 3 aromatic rings. The maximum absolute atomic E-state index is 13.3. The number of amides is 1. The summed E-state index contributed by atoms with van der Waals surface area (Å²) in [6.07, 6.45) is 2.10. The highest BCUT2D eigenvalue weighted by Crippen LogP contribution is 2.33. The third-order valence-electron chi connectivity index (χ3n) is 4.47. The smallest absolute Gasteiger partial charge is 0.260 e. The number of benzene rings is 2. The van der Waals surface area contributed by atoms with Crippen LogP contribution in [0.2, 0.25) is 5.02 Å². The van der Waals surface area contributed by atoms with Crippen molar-refractivity contribution in [2.75, 3.05) is 38.7 Å². The molecular weight excluding hydrogens is 406 g/mol. The Morgan fingerprint density at radius 2 is 1.90 bits per heavy atom. The van der Waals surface area contributed by atoms with Gasteiger partial charge in [0.2, 0.25) is 0 Å². The van der Waals surface area contributed by atoms with Crippen LogP contribution in [0.15, 0.2) is 42.5 Å². The second-order valence-corrected chi connectivity index (χ2v) is 8.49. The number of carbonyl (C=O) groups excluding carboxylic acids is 1. The summed E-state index contributed by atoms with van der Waals surface area (Å²) >= 11 is 7.76. The van der Waals surface area contributed by atoms with Gasteiger partial charge in [-0.2, -0.15) is 0 Å². The first-order valence-corrected chi connectivity index (χ1v) is 10.9. The van der Waals surface area contributed by atoms with Crippen molar-refractivity contribution >= 4 is 44.2 Å². The zero-order chi connectivity index (χ0) is 20.8. The van der Waals surface area contributed by atoms with Crippen molar-refractivity contribution in [3.63, 3.8) is 0 Å². The van der Waals surface area contributed by atoms with Gasteiger partial charge >= 0.3 is 0 Å². The van der Waals surface area contributed by atoms with E-state index >= 15 is 0 Å². The molecule has 7 heteroatoms. The summed E-state index contributed by atoms with van der Waals surface area (Å²) in [7, 11) is 3.97. The van der Waals surface area contributed by atoms with Crippen molar-refractivity contribution in [1.82, 2.24) is 9.88 Å². The largest absolute Gasteiger partial charge is 0.494 e. The zero-order valence-electron chi connectivity index (χ0n) is 17.0. The van der Waals surface area contributed by atoms with Crippen LogP contribution in [0.4, 0.5) is 5.13 Å². The fourth-order valence-corrected chi connectivity index (χ4v) is 4.08. The number of aromatic nitrogens is 1. The molecule has 0 spiro atoms. The Morgan fingerprint density at radius 3 is 2.55 bits per heavy atom. The van der Waals surface area contributed by atoms with E-state index in [0.717, 1.165) is 35.4 Å². The number of carbonyl (C=O) groups is 1. The number of unbranched alkanes of at least 4 members (excludes halogenated alkanes) is 1. The minimum absolute atomic E-state index is 0.0814. The Hall–Kier alpha value is -2.15. The number of hydrogen-bond donors (Lipinski definition) is 0. The second-order valence-electron chi connectivity index (χ2n) is 7.07. The van der Waals surface area contributed by atoms with Gasteiger partial charge < -0.3 is 9.64 Å². The first kappa shape index (κ1) is 21.6. The maximum atomic E-state index is 13.3. The topological polar surface area (TPSA) is 45.7 Å². The van der Waals surface area contributed by atoms with Crippen molar-refractivity contribution in [2.24, 2.45) is 0 Å². The monoisotopic (exact) mass is 431 g/mol. The van der Waals surface area contributed by atoms with Gasteiger partial charge in [-0.3, -0.25) is 9.69 Å². The number of likely N-dealkylation sites (N-methyl/N-ethyl adjacent to an activating group) is 1. The Labute approximate surface area is 180 Å². The number of fused-ring (bicyclic) bond motifs is 1. The summed E-state index contributed by atoms with van der Waals surface area (Å²) < 4.78 is 6.67. The Bertz CT molecular complexity index is 956. The van der Waals surface area contributed by atoms with Crippen molar-refractivity contribution in [1.29, 1.82) is 0 Å². The van der Waals surface area contributed by atoms with Crippen molar-refractivity contribution in [3.05, 3.63) is 53.1 Å². The lowest BCUT2D eigenvalue weighted by molar-refractivity contribution is 0.0985. The third-order valence-corrected chi connectivity index (χ3v) is 5.82. The molecule has 1 aromatic heterocycles. The molecular formula is C22H26ClN3O2S. The lowest BCUT2D eigenvalue weighted by Gasteiger charge is -2.22. The van der Waals surface area contributed by atoms with Crippen LogP contribution in [-0.2, 0) is 0 Å². The van der Waals surface area contributed by atoms with E-state index in [1.807, 2.05) is 61.5 Å². The van der Waals surface area contributed by atoms with Gasteiger partial charge in [-0.05, 0) is 56.9 Å². The molecule has 0 atom stereocenters. The first-order chi connectivity index (χ1) is 14.0. The number of hydrogen-bond acceptors (Lipinski definition) is 5. The van der Waals surface area contributed by atoms with E-state index < -0.39 is 0 Å². The summed E-state index contributed by atoms with van der Waals surface area (Å²) in [6, 6.07) is 13.0. The minimum atomic E-state index is -0.0814. The van der Waals surface area contributed by atoms with E-state index in [2.05, 4.69) is 11.9 Å². The van der Waals surface area contributed by atoms with Crippen LogP contribution in [0.3, 0.4) is 0 Å². The molecule has 0 radical (unpaired) electrons. The van der Waals surface area contributed by atoms with E-state index in [9.17, 15) is 4.79 Å². The number of nitrogens with zero attached hydrogens (tertiary/aromatic N) is 3. The van der Waals surface area contributed by atoms with Crippen LogP contribution in [0.1, 0.15) is 30.1 Å². The molecule has 0 aliphatic heterocycles. The molecule has 0 bridgehead atoms. The molecule has 0 N–H and O–H groups in total. The van der Waals surface area contributed by atoms with Crippen molar-refractivity contribution in [3.8, 4) is 5.75 Å². The average molecular weight is 432 g/mol. The fraction of sp³-hybridized carbons (Fsp3) is 0.364. The van der Waals surface area contributed by atoms with E-state index in [1.165, 1.54) is 11.3 Å². The SMILES string of the molecule is CCCCOc1ccc(C(=O)N(CCN(C)C)c2nc3c(Cl)cccc3s2)cc1.